The van der Waals surface area contributed by atoms with E-state index in [1.807, 2.05) is 0 Å². The molecule has 0 bridgehead atoms. The second-order valence-electron chi connectivity index (χ2n) is 2.81. The maximum Gasteiger partial charge on any atom is 0.416 e. The summed E-state index contributed by atoms with van der Waals surface area (Å²) in [5, 5.41) is 0. The van der Waals surface area contributed by atoms with Crippen molar-refractivity contribution in [3.63, 3.8) is 0 Å². The van der Waals surface area contributed by atoms with Crippen molar-refractivity contribution in [2.24, 2.45) is 0 Å². The summed E-state index contributed by atoms with van der Waals surface area (Å²) >= 11 is 2.12. The van der Waals surface area contributed by atoms with Gasteiger partial charge in [-0.05, 0) is 23.3 Å². The highest BCUT2D eigenvalue weighted by Crippen LogP contribution is 2.29. The zero-order valence-corrected chi connectivity index (χ0v) is 9.39. The number of benzene rings is 1. The van der Waals surface area contributed by atoms with Crippen LogP contribution in [0.5, 0.6) is 0 Å². The Kier molecular flexibility index (Phi) is 3.58. The fourth-order valence-corrected chi connectivity index (χ4v) is 1.41. The van der Waals surface area contributed by atoms with E-state index in [2.05, 4.69) is 29.2 Å². The fraction of sp³-hybridized carbons (Fsp3) is 0.200. The molecule has 0 aliphatic heterocycles. The van der Waals surface area contributed by atoms with E-state index in [0.717, 1.165) is 23.3 Å². The third-order valence-electron chi connectivity index (χ3n) is 1.78. The molecule has 1 rings (SSSR count). The van der Waals surface area contributed by atoms with Crippen LogP contribution in [0.25, 0.3) is 5.57 Å². The molecule has 76 valence electrons. The molecule has 4 heteroatoms. The van der Waals surface area contributed by atoms with Crippen molar-refractivity contribution in [1.82, 2.24) is 0 Å². The fourth-order valence-electron chi connectivity index (χ4n) is 0.972. The minimum atomic E-state index is -4.26. The maximum atomic E-state index is 12.2. The van der Waals surface area contributed by atoms with Crippen molar-refractivity contribution in [1.29, 1.82) is 0 Å². The van der Waals surface area contributed by atoms with E-state index >= 15 is 0 Å². The van der Waals surface area contributed by atoms with Gasteiger partial charge in [-0.25, -0.2) is 0 Å². The number of allylic oxidation sites excluding steroid dienone is 1. The molecule has 0 unspecified atom stereocenters. The van der Waals surface area contributed by atoms with Crippen LogP contribution in [0.15, 0.2) is 30.8 Å². The summed E-state index contributed by atoms with van der Waals surface area (Å²) in [4.78, 5) is 0. The Morgan fingerprint density at radius 3 is 2.07 bits per heavy atom. The first-order chi connectivity index (χ1) is 6.45. The Morgan fingerprint density at radius 2 is 1.71 bits per heavy atom. The number of hydrogen-bond donors (Lipinski definition) is 0. The van der Waals surface area contributed by atoms with Gasteiger partial charge < -0.3 is 0 Å². The standard InChI is InChI=1S/C10H8F3I/c1-7(6-14)8-2-4-9(5-3-8)10(11,12)13/h2-5H,1,6H2. The van der Waals surface area contributed by atoms with Crippen LogP contribution >= 0.6 is 22.6 Å². The van der Waals surface area contributed by atoms with E-state index in [1.54, 1.807) is 0 Å². The van der Waals surface area contributed by atoms with Crippen LogP contribution in [0.2, 0.25) is 0 Å². The Hall–Kier alpha value is -0.520. The molecular formula is C10H8F3I. The molecule has 0 radical (unpaired) electrons. The van der Waals surface area contributed by atoms with E-state index in [-0.39, 0.29) is 0 Å². The Balaban J connectivity index is 2.95. The van der Waals surface area contributed by atoms with Gasteiger partial charge in [0.2, 0.25) is 0 Å². The minimum absolute atomic E-state index is 0.623. The molecule has 0 aliphatic carbocycles. The summed E-state index contributed by atoms with van der Waals surface area (Å²) in [6, 6.07) is 5.05. The lowest BCUT2D eigenvalue weighted by molar-refractivity contribution is -0.137. The molecule has 1 aromatic rings. The summed E-state index contributed by atoms with van der Waals surface area (Å²) in [5.74, 6) is 0. The first-order valence-electron chi connectivity index (χ1n) is 3.86. The third-order valence-corrected chi connectivity index (χ3v) is 2.70. The smallest absolute Gasteiger partial charge is 0.166 e. The molecule has 0 nitrogen and oxygen atoms in total. The third kappa shape index (κ3) is 2.73. The molecular weight excluding hydrogens is 304 g/mol. The van der Waals surface area contributed by atoms with Gasteiger partial charge in [0.15, 0.2) is 0 Å². The van der Waals surface area contributed by atoms with Gasteiger partial charge >= 0.3 is 6.18 Å². The van der Waals surface area contributed by atoms with E-state index < -0.39 is 11.7 Å². The highest BCUT2D eigenvalue weighted by molar-refractivity contribution is 14.1. The molecule has 0 amide bonds. The molecule has 0 atom stereocenters. The van der Waals surface area contributed by atoms with Crippen LogP contribution in [0.3, 0.4) is 0 Å². The SMILES string of the molecule is C=C(CI)c1ccc(C(F)(F)F)cc1. The number of halogens is 4. The van der Waals surface area contributed by atoms with Gasteiger partial charge in [0.25, 0.3) is 0 Å². The summed E-state index contributed by atoms with van der Waals surface area (Å²) in [6.07, 6.45) is -4.26. The zero-order chi connectivity index (χ0) is 10.8. The van der Waals surface area contributed by atoms with Gasteiger partial charge in [-0.1, -0.05) is 41.3 Å². The van der Waals surface area contributed by atoms with Gasteiger partial charge in [-0.15, -0.1) is 0 Å². The molecule has 1 aromatic carbocycles. The molecule has 0 aromatic heterocycles. The van der Waals surface area contributed by atoms with Crippen molar-refractivity contribution < 1.29 is 13.2 Å². The van der Waals surface area contributed by atoms with E-state index in [1.165, 1.54) is 12.1 Å². The summed E-state index contributed by atoms with van der Waals surface area (Å²) in [7, 11) is 0. The number of hydrogen-bond acceptors (Lipinski definition) is 0. The van der Waals surface area contributed by atoms with E-state index in [0.29, 0.717) is 4.43 Å². The second kappa shape index (κ2) is 4.33. The average Bonchev–Trinajstić information content (AvgIpc) is 2.15. The topological polar surface area (TPSA) is 0 Å². The molecule has 0 aliphatic rings. The maximum absolute atomic E-state index is 12.2. The van der Waals surface area contributed by atoms with Gasteiger partial charge in [-0.2, -0.15) is 13.2 Å². The first kappa shape index (κ1) is 11.6. The molecule has 0 spiro atoms. The molecule has 0 saturated carbocycles. The van der Waals surface area contributed by atoms with Crippen LogP contribution in [0.1, 0.15) is 11.1 Å². The monoisotopic (exact) mass is 312 g/mol. The highest BCUT2D eigenvalue weighted by Gasteiger charge is 2.29. The van der Waals surface area contributed by atoms with Crippen LogP contribution in [0.4, 0.5) is 13.2 Å². The lowest BCUT2D eigenvalue weighted by atomic mass is 10.1. The minimum Gasteiger partial charge on any atom is -0.166 e. The Bertz CT molecular complexity index is 324. The van der Waals surface area contributed by atoms with Gasteiger partial charge in [0.1, 0.15) is 0 Å². The van der Waals surface area contributed by atoms with Crippen molar-refractivity contribution in [3.8, 4) is 0 Å². The van der Waals surface area contributed by atoms with E-state index in [9.17, 15) is 13.2 Å². The first-order valence-corrected chi connectivity index (χ1v) is 5.39. The van der Waals surface area contributed by atoms with Crippen molar-refractivity contribution >= 4 is 28.2 Å². The summed E-state index contributed by atoms with van der Waals surface area (Å²) < 4.78 is 37.2. The van der Waals surface area contributed by atoms with Crippen molar-refractivity contribution in [2.45, 2.75) is 6.18 Å². The normalized spacial score (nSPS) is 11.4. The Labute approximate surface area is 94.0 Å². The Morgan fingerprint density at radius 1 is 1.21 bits per heavy atom. The average molecular weight is 312 g/mol. The van der Waals surface area contributed by atoms with Crippen LogP contribution in [-0.2, 0) is 6.18 Å². The predicted molar refractivity (Wildman–Crippen MR) is 59.4 cm³/mol. The predicted octanol–water partition coefficient (Wildman–Crippen LogP) is 4.15. The molecule has 0 fully saturated rings. The number of rotatable bonds is 2. The van der Waals surface area contributed by atoms with Gasteiger partial charge in [0, 0.05) is 4.43 Å². The molecule has 0 N–H and O–H groups in total. The van der Waals surface area contributed by atoms with E-state index in [4.69, 9.17) is 0 Å². The van der Waals surface area contributed by atoms with Crippen LogP contribution < -0.4 is 0 Å². The van der Waals surface area contributed by atoms with Gasteiger partial charge in [-0.3, -0.25) is 0 Å². The number of alkyl halides is 4. The highest BCUT2D eigenvalue weighted by atomic mass is 127. The van der Waals surface area contributed by atoms with Crippen LogP contribution in [0, 0.1) is 0 Å². The van der Waals surface area contributed by atoms with Crippen molar-refractivity contribution in [2.75, 3.05) is 4.43 Å². The quantitative estimate of drug-likeness (QED) is 0.568. The van der Waals surface area contributed by atoms with Gasteiger partial charge in [0.05, 0.1) is 5.56 Å². The molecule has 0 heterocycles. The zero-order valence-electron chi connectivity index (χ0n) is 7.24. The van der Waals surface area contributed by atoms with Crippen LogP contribution in [-0.4, -0.2) is 4.43 Å². The lowest BCUT2D eigenvalue weighted by Crippen LogP contribution is -2.04. The summed E-state index contributed by atoms with van der Waals surface area (Å²) in [6.45, 7) is 3.75. The largest absolute Gasteiger partial charge is 0.416 e. The van der Waals surface area contributed by atoms with Crippen molar-refractivity contribution in [3.05, 3.63) is 42.0 Å². The molecule has 0 saturated heterocycles. The lowest BCUT2D eigenvalue weighted by Gasteiger charge is -2.07. The molecule has 14 heavy (non-hydrogen) atoms. The second-order valence-corrected chi connectivity index (χ2v) is 3.58. The summed E-state index contributed by atoms with van der Waals surface area (Å²) in [5.41, 5.74) is 0.967.